The predicted octanol–water partition coefficient (Wildman–Crippen LogP) is 4.58. The van der Waals surface area contributed by atoms with Gasteiger partial charge in [-0.25, -0.2) is 0 Å². The van der Waals surface area contributed by atoms with Crippen LogP contribution in [0.25, 0.3) is 0 Å². The maximum absolute atomic E-state index is 5.74. The molecule has 0 aliphatic carbocycles. The molecule has 1 nitrogen and oxygen atoms in total. The summed E-state index contributed by atoms with van der Waals surface area (Å²) in [4.78, 5) is 0. The van der Waals surface area contributed by atoms with E-state index < -0.39 is 0 Å². The van der Waals surface area contributed by atoms with Gasteiger partial charge in [0.05, 0.1) is 0 Å². The van der Waals surface area contributed by atoms with E-state index >= 15 is 0 Å². The van der Waals surface area contributed by atoms with Crippen molar-refractivity contribution in [1.29, 1.82) is 0 Å². The molecule has 0 amide bonds. The van der Waals surface area contributed by atoms with Gasteiger partial charge in [-0.05, 0) is 50.7 Å². The summed E-state index contributed by atoms with van der Waals surface area (Å²) in [7, 11) is 0. The third-order valence-electron chi connectivity index (χ3n) is 3.08. The van der Waals surface area contributed by atoms with Gasteiger partial charge in [0.2, 0.25) is 0 Å². The molecule has 1 rings (SSSR count). The van der Waals surface area contributed by atoms with Crippen molar-refractivity contribution in [3.05, 3.63) is 22.6 Å². The summed E-state index contributed by atoms with van der Waals surface area (Å²) in [5, 5.41) is 0. The van der Waals surface area contributed by atoms with Crippen LogP contribution < -0.4 is 0 Å². The largest absolute Gasteiger partial charge is 0.466 e. The Morgan fingerprint density at radius 1 is 0.800 bits per heavy atom. The molecule has 0 N–H and O–H groups in total. The second-order valence-electron chi connectivity index (χ2n) is 4.38. The van der Waals surface area contributed by atoms with E-state index in [-0.39, 0.29) is 0 Å². The molecule has 15 heavy (non-hydrogen) atoms. The summed E-state index contributed by atoms with van der Waals surface area (Å²) in [6, 6.07) is 0. The zero-order valence-corrected chi connectivity index (χ0v) is 10.7. The fourth-order valence-corrected chi connectivity index (χ4v) is 2.14. The summed E-state index contributed by atoms with van der Waals surface area (Å²) in [6.45, 7) is 8.70. The highest BCUT2D eigenvalue weighted by Crippen LogP contribution is 2.25. The van der Waals surface area contributed by atoms with Crippen LogP contribution in [-0.2, 0) is 12.8 Å². The minimum absolute atomic E-state index is 1.15. The van der Waals surface area contributed by atoms with Crippen LogP contribution >= 0.6 is 0 Å². The van der Waals surface area contributed by atoms with E-state index in [2.05, 4.69) is 27.7 Å². The molecule has 0 bridgehead atoms. The average Bonchev–Trinajstić information content (AvgIpc) is 2.47. The molecule has 86 valence electrons. The van der Waals surface area contributed by atoms with E-state index in [9.17, 15) is 0 Å². The summed E-state index contributed by atoms with van der Waals surface area (Å²) in [5.41, 5.74) is 2.98. The number of hydrogen-bond acceptors (Lipinski definition) is 1. The van der Waals surface area contributed by atoms with Crippen molar-refractivity contribution in [1.82, 2.24) is 0 Å². The van der Waals surface area contributed by atoms with E-state index in [1.54, 1.807) is 0 Å². The Bertz CT molecular complexity index is 268. The van der Waals surface area contributed by atoms with E-state index in [4.69, 9.17) is 4.42 Å². The first-order valence-corrected chi connectivity index (χ1v) is 6.28. The van der Waals surface area contributed by atoms with Crippen LogP contribution in [0, 0.1) is 13.8 Å². The summed E-state index contributed by atoms with van der Waals surface area (Å²) < 4.78 is 5.74. The molecule has 1 heterocycles. The second kappa shape index (κ2) is 5.99. The van der Waals surface area contributed by atoms with Gasteiger partial charge in [0.25, 0.3) is 0 Å². The number of unbranched alkanes of at least 4 members (excludes halogenated alkanes) is 2. The lowest BCUT2D eigenvalue weighted by molar-refractivity contribution is 0.497. The molecule has 0 atom stereocenters. The predicted molar refractivity (Wildman–Crippen MR) is 65.4 cm³/mol. The molecular weight excluding hydrogens is 184 g/mol. The van der Waals surface area contributed by atoms with Gasteiger partial charge in [-0.1, -0.05) is 26.7 Å². The Hall–Kier alpha value is -0.720. The molecule has 1 aromatic rings. The lowest BCUT2D eigenvalue weighted by Gasteiger charge is -2.03. The lowest BCUT2D eigenvalue weighted by atomic mass is 9.99. The van der Waals surface area contributed by atoms with Gasteiger partial charge in [-0.15, -0.1) is 0 Å². The minimum atomic E-state index is 1.15. The van der Waals surface area contributed by atoms with Crippen LogP contribution in [0.2, 0.25) is 0 Å². The fourth-order valence-electron chi connectivity index (χ4n) is 2.14. The van der Waals surface area contributed by atoms with Crippen molar-refractivity contribution >= 4 is 0 Å². The van der Waals surface area contributed by atoms with Crippen molar-refractivity contribution in [2.45, 2.75) is 66.2 Å². The zero-order chi connectivity index (χ0) is 11.3. The summed E-state index contributed by atoms with van der Waals surface area (Å²) in [5.74, 6) is 2.29. The van der Waals surface area contributed by atoms with Crippen LogP contribution in [0.15, 0.2) is 4.42 Å². The molecular formula is C14H24O. The molecule has 0 aliphatic heterocycles. The van der Waals surface area contributed by atoms with Crippen LogP contribution in [0.5, 0.6) is 0 Å². The van der Waals surface area contributed by atoms with Gasteiger partial charge in [0, 0.05) is 0 Å². The normalized spacial score (nSPS) is 10.9. The highest BCUT2D eigenvalue weighted by molar-refractivity contribution is 5.33. The molecule has 0 fully saturated rings. The third kappa shape index (κ3) is 3.12. The molecule has 1 heteroatoms. The average molecular weight is 208 g/mol. The first-order chi connectivity index (χ1) is 7.20. The summed E-state index contributed by atoms with van der Waals surface area (Å²) in [6.07, 6.45) is 7.46. The molecule has 0 spiro atoms. The zero-order valence-electron chi connectivity index (χ0n) is 10.7. The van der Waals surface area contributed by atoms with E-state index in [0.29, 0.717) is 0 Å². The SMILES string of the molecule is CCCCc1c(C)oc(C)c1CCCC. The molecule has 0 unspecified atom stereocenters. The Kier molecular flexibility index (Phi) is 4.93. The Labute approximate surface area is 93.9 Å². The Balaban J connectivity index is 2.80. The van der Waals surface area contributed by atoms with E-state index in [1.807, 2.05) is 0 Å². The lowest BCUT2D eigenvalue weighted by Crippen LogP contribution is -1.94. The monoisotopic (exact) mass is 208 g/mol. The number of furan rings is 1. The first-order valence-electron chi connectivity index (χ1n) is 6.28. The van der Waals surface area contributed by atoms with Gasteiger partial charge in [0.15, 0.2) is 0 Å². The van der Waals surface area contributed by atoms with Crippen LogP contribution in [-0.4, -0.2) is 0 Å². The number of aryl methyl sites for hydroxylation is 2. The third-order valence-corrected chi connectivity index (χ3v) is 3.08. The first kappa shape index (κ1) is 12.4. The molecule has 0 radical (unpaired) electrons. The van der Waals surface area contributed by atoms with E-state index in [1.165, 1.54) is 49.7 Å². The van der Waals surface area contributed by atoms with Gasteiger partial charge in [-0.3, -0.25) is 0 Å². The van der Waals surface area contributed by atoms with Crippen molar-refractivity contribution in [3.8, 4) is 0 Å². The van der Waals surface area contributed by atoms with Crippen molar-refractivity contribution < 1.29 is 4.42 Å². The highest BCUT2D eigenvalue weighted by atomic mass is 16.3. The second-order valence-corrected chi connectivity index (χ2v) is 4.38. The Morgan fingerprint density at radius 3 is 1.53 bits per heavy atom. The van der Waals surface area contributed by atoms with Crippen molar-refractivity contribution in [2.75, 3.05) is 0 Å². The van der Waals surface area contributed by atoms with E-state index in [0.717, 1.165) is 11.5 Å². The molecule has 0 aliphatic rings. The number of rotatable bonds is 6. The van der Waals surface area contributed by atoms with Gasteiger partial charge < -0.3 is 4.42 Å². The van der Waals surface area contributed by atoms with Gasteiger partial charge in [0.1, 0.15) is 11.5 Å². The Morgan fingerprint density at radius 2 is 1.20 bits per heavy atom. The smallest absolute Gasteiger partial charge is 0.104 e. The number of hydrogen-bond donors (Lipinski definition) is 0. The molecule has 0 saturated carbocycles. The highest BCUT2D eigenvalue weighted by Gasteiger charge is 2.13. The minimum Gasteiger partial charge on any atom is -0.466 e. The maximum Gasteiger partial charge on any atom is 0.104 e. The van der Waals surface area contributed by atoms with Crippen LogP contribution in [0.4, 0.5) is 0 Å². The van der Waals surface area contributed by atoms with Gasteiger partial charge in [-0.2, -0.15) is 0 Å². The molecule has 1 aromatic heterocycles. The topological polar surface area (TPSA) is 13.1 Å². The standard InChI is InChI=1S/C14H24O/c1-5-7-9-13-11(3)15-12(4)14(13)10-8-6-2/h5-10H2,1-4H3. The molecule has 0 saturated heterocycles. The maximum atomic E-state index is 5.74. The van der Waals surface area contributed by atoms with Crippen molar-refractivity contribution in [3.63, 3.8) is 0 Å². The summed E-state index contributed by atoms with van der Waals surface area (Å²) >= 11 is 0. The van der Waals surface area contributed by atoms with Crippen LogP contribution in [0.3, 0.4) is 0 Å². The van der Waals surface area contributed by atoms with Crippen LogP contribution in [0.1, 0.15) is 62.2 Å². The fraction of sp³-hybridized carbons (Fsp3) is 0.714. The van der Waals surface area contributed by atoms with Gasteiger partial charge >= 0.3 is 0 Å². The van der Waals surface area contributed by atoms with Crippen molar-refractivity contribution in [2.24, 2.45) is 0 Å². The quantitative estimate of drug-likeness (QED) is 0.667. The molecule has 0 aromatic carbocycles.